The van der Waals surface area contributed by atoms with Crippen molar-refractivity contribution in [1.82, 2.24) is 0 Å². The lowest BCUT2D eigenvalue weighted by Crippen LogP contribution is -2.49. The molecule has 0 aromatic carbocycles. The van der Waals surface area contributed by atoms with Crippen molar-refractivity contribution in [3.63, 3.8) is 0 Å². The average Bonchev–Trinajstić information content (AvgIpc) is 2.20. The van der Waals surface area contributed by atoms with Gasteiger partial charge in [-0.25, -0.2) is 0 Å². The van der Waals surface area contributed by atoms with Crippen LogP contribution in [0, 0.1) is 36.3 Å². The standard InChI is InChI=1S/C8H15N3O9/c1-6(2)4-8(3,20-11(16)17)7(19-10(14)15)5-18-9(12)13/h6-7H,4-5H2,1-3H3. The van der Waals surface area contributed by atoms with Gasteiger partial charge in [0.1, 0.15) is 12.2 Å². The topological polar surface area (TPSA) is 157 Å². The van der Waals surface area contributed by atoms with Gasteiger partial charge in [0.2, 0.25) is 0 Å². The van der Waals surface area contributed by atoms with Crippen molar-refractivity contribution in [2.75, 3.05) is 6.61 Å². The Morgan fingerprint density at radius 3 is 1.95 bits per heavy atom. The molecule has 12 heteroatoms. The van der Waals surface area contributed by atoms with Crippen LogP contribution >= 0.6 is 0 Å². The maximum atomic E-state index is 10.5. The molecule has 0 aromatic heterocycles. The van der Waals surface area contributed by atoms with Crippen LogP contribution in [0.1, 0.15) is 27.2 Å². The van der Waals surface area contributed by atoms with Gasteiger partial charge in [-0.2, -0.15) is 0 Å². The molecular weight excluding hydrogens is 282 g/mol. The highest BCUT2D eigenvalue weighted by molar-refractivity contribution is 4.84. The molecule has 0 aliphatic carbocycles. The van der Waals surface area contributed by atoms with E-state index in [9.17, 15) is 30.3 Å². The second kappa shape index (κ2) is 7.25. The van der Waals surface area contributed by atoms with E-state index in [4.69, 9.17) is 0 Å². The molecule has 2 atom stereocenters. The van der Waals surface area contributed by atoms with Gasteiger partial charge in [0.15, 0.2) is 6.10 Å². The maximum absolute atomic E-state index is 10.5. The Kier molecular flexibility index (Phi) is 6.38. The molecule has 0 N–H and O–H groups in total. The Balaban J connectivity index is 5.18. The molecule has 12 nitrogen and oxygen atoms in total. The fourth-order valence-electron chi connectivity index (χ4n) is 1.76. The lowest BCUT2D eigenvalue weighted by Gasteiger charge is -2.34. The summed E-state index contributed by atoms with van der Waals surface area (Å²) in [4.78, 5) is 43.7. The van der Waals surface area contributed by atoms with Crippen LogP contribution in [-0.4, -0.2) is 33.6 Å². The first-order chi connectivity index (χ1) is 9.06. The third kappa shape index (κ3) is 6.51. The van der Waals surface area contributed by atoms with Gasteiger partial charge in [-0.05, 0) is 19.3 Å². The van der Waals surface area contributed by atoms with E-state index in [0.717, 1.165) is 0 Å². The molecule has 0 radical (unpaired) electrons. The highest BCUT2D eigenvalue weighted by Gasteiger charge is 2.42. The second-order valence-corrected chi connectivity index (χ2v) is 4.56. The van der Waals surface area contributed by atoms with Crippen LogP contribution in [0.25, 0.3) is 0 Å². The molecule has 0 rings (SSSR count). The number of hydrogen-bond acceptors (Lipinski definition) is 9. The molecule has 0 heterocycles. The normalized spacial score (nSPS) is 15.0. The van der Waals surface area contributed by atoms with Gasteiger partial charge in [-0.15, -0.1) is 30.3 Å². The van der Waals surface area contributed by atoms with Crippen LogP contribution in [0.3, 0.4) is 0 Å². The average molecular weight is 297 g/mol. The highest BCUT2D eigenvalue weighted by Crippen LogP contribution is 2.27. The van der Waals surface area contributed by atoms with Crippen LogP contribution in [0.15, 0.2) is 0 Å². The van der Waals surface area contributed by atoms with Crippen LogP contribution in [-0.2, 0) is 14.5 Å². The number of nitrogens with zero attached hydrogens (tertiary/aromatic N) is 3. The molecular formula is C8H15N3O9. The smallest absolute Gasteiger partial charge is 0.295 e. The minimum Gasteiger partial charge on any atom is -0.311 e. The predicted molar refractivity (Wildman–Crippen MR) is 60.8 cm³/mol. The van der Waals surface area contributed by atoms with Gasteiger partial charge in [0, 0.05) is 0 Å². The summed E-state index contributed by atoms with van der Waals surface area (Å²) in [6, 6.07) is 0. The first-order valence-electron chi connectivity index (χ1n) is 5.49. The van der Waals surface area contributed by atoms with E-state index < -0.39 is 33.6 Å². The summed E-state index contributed by atoms with van der Waals surface area (Å²) in [5.74, 6) is -0.145. The fourth-order valence-corrected chi connectivity index (χ4v) is 1.76. The third-order valence-corrected chi connectivity index (χ3v) is 2.32. The maximum Gasteiger partial charge on any atom is 0.295 e. The van der Waals surface area contributed by atoms with E-state index in [1.807, 2.05) is 0 Å². The van der Waals surface area contributed by atoms with Crippen molar-refractivity contribution in [2.24, 2.45) is 5.92 Å². The molecule has 116 valence electrons. The van der Waals surface area contributed by atoms with Crippen molar-refractivity contribution in [2.45, 2.75) is 38.9 Å². The Morgan fingerprint density at radius 2 is 1.60 bits per heavy atom. The predicted octanol–water partition coefficient (Wildman–Crippen LogP) is 0.785. The minimum absolute atomic E-state index is 0.00639. The van der Waals surface area contributed by atoms with Crippen LogP contribution in [0.4, 0.5) is 0 Å². The highest BCUT2D eigenvalue weighted by atomic mass is 17.0. The van der Waals surface area contributed by atoms with Crippen LogP contribution in [0.5, 0.6) is 0 Å². The molecule has 0 aliphatic rings. The zero-order chi connectivity index (χ0) is 15.9. The van der Waals surface area contributed by atoms with Crippen LogP contribution in [0.2, 0.25) is 0 Å². The summed E-state index contributed by atoms with van der Waals surface area (Å²) in [6.45, 7) is 3.70. The Bertz CT molecular complexity index is 374. The van der Waals surface area contributed by atoms with E-state index in [2.05, 4.69) is 14.5 Å². The molecule has 0 saturated carbocycles. The van der Waals surface area contributed by atoms with Gasteiger partial charge in [0.05, 0.1) is 0 Å². The molecule has 2 unspecified atom stereocenters. The molecule has 20 heavy (non-hydrogen) atoms. The Labute approximate surface area is 112 Å². The lowest BCUT2D eigenvalue weighted by molar-refractivity contribution is -0.819. The lowest BCUT2D eigenvalue weighted by atomic mass is 9.89. The molecule has 0 saturated heterocycles. The molecule has 0 fully saturated rings. The first-order valence-corrected chi connectivity index (χ1v) is 5.49. The largest absolute Gasteiger partial charge is 0.311 e. The van der Waals surface area contributed by atoms with Crippen molar-refractivity contribution in [1.29, 1.82) is 0 Å². The molecule has 0 aromatic rings. The summed E-state index contributed by atoms with van der Waals surface area (Å²) in [5.41, 5.74) is -1.76. The van der Waals surface area contributed by atoms with E-state index in [0.29, 0.717) is 0 Å². The Morgan fingerprint density at radius 1 is 1.05 bits per heavy atom. The van der Waals surface area contributed by atoms with Crippen molar-refractivity contribution in [3.05, 3.63) is 30.3 Å². The quantitative estimate of drug-likeness (QED) is 0.419. The summed E-state index contributed by atoms with van der Waals surface area (Å²) < 4.78 is 0. The monoisotopic (exact) mass is 297 g/mol. The van der Waals surface area contributed by atoms with Crippen LogP contribution < -0.4 is 0 Å². The molecule has 0 amide bonds. The summed E-state index contributed by atoms with van der Waals surface area (Å²) in [5, 5.41) is 27.5. The summed E-state index contributed by atoms with van der Waals surface area (Å²) in [7, 11) is 0. The SMILES string of the molecule is CC(C)CC(C)(O[N+](=O)[O-])C(CO[N+](=O)[O-])O[N+](=O)[O-]. The number of hydrogen-bond donors (Lipinski definition) is 0. The van der Waals surface area contributed by atoms with Crippen molar-refractivity contribution < 1.29 is 29.8 Å². The van der Waals surface area contributed by atoms with Gasteiger partial charge in [0.25, 0.3) is 15.3 Å². The van der Waals surface area contributed by atoms with Gasteiger partial charge >= 0.3 is 0 Å². The third-order valence-electron chi connectivity index (χ3n) is 2.32. The van der Waals surface area contributed by atoms with Gasteiger partial charge < -0.3 is 14.5 Å². The first kappa shape index (κ1) is 17.6. The van der Waals surface area contributed by atoms with E-state index in [1.54, 1.807) is 13.8 Å². The fraction of sp³-hybridized carbons (Fsp3) is 1.00. The van der Waals surface area contributed by atoms with E-state index in [-0.39, 0.29) is 12.3 Å². The van der Waals surface area contributed by atoms with E-state index in [1.165, 1.54) is 6.92 Å². The zero-order valence-corrected chi connectivity index (χ0v) is 11.1. The number of rotatable bonds is 10. The van der Waals surface area contributed by atoms with E-state index >= 15 is 0 Å². The molecule has 0 bridgehead atoms. The van der Waals surface area contributed by atoms with Gasteiger partial charge in [-0.3, -0.25) is 0 Å². The minimum atomic E-state index is -1.76. The van der Waals surface area contributed by atoms with Crippen molar-refractivity contribution in [3.8, 4) is 0 Å². The summed E-state index contributed by atoms with van der Waals surface area (Å²) >= 11 is 0. The Hall–Kier alpha value is -2.40. The van der Waals surface area contributed by atoms with Gasteiger partial charge in [-0.1, -0.05) is 13.8 Å². The second-order valence-electron chi connectivity index (χ2n) is 4.56. The molecule has 0 aliphatic heterocycles. The zero-order valence-electron chi connectivity index (χ0n) is 11.1. The molecule has 0 spiro atoms. The van der Waals surface area contributed by atoms with Crippen molar-refractivity contribution >= 4 is 0 Å². The summed E-state index contributed by atoms with van der Waals surface area (Å²) in [6.07, 6.45) is -1.64.